The van der Waals surface area contributed by atoms with Gasteiger partial charge in [-0.1, -0.05) is 42.1 Å². The molecule has 6 nitrogen and oxygen atoms in total. The molecule has 0 spiro atoms. The van der Waals surface area contributed by atoms with E-state index in [1.807, 2.05) is 62.8 Å². The van der Waals surface area contributed by atoms with Crippen LogP contribution in [-0.2, 0) is 11.3 Å². The highest BCUT2D eigenvalue weighted by molar-refractivity contribution is 7.99. The zero-order valence-electron chi connectivity index (χ0n) is 17.7. The number of para-hydroxylation sites is 3. The number of aromatic amines is 1. The molecule has 1 aliphatic heterocycles. The van der Waals surface area contributed by atoms with E-state index in [-0.39, 0.29) is 11.9 Å². The highest BCUT2D eigenvalue weighted by Crippen LogP contribution is 2.34. The van der Waals surface area contributed by atoms with Crippen molar-refractivity contribution in [3.05, 3.63) is 66.4 Å². The van der Waals surface area contributed by atoms with Crippen molar-refractivity contribution in [2.45, 2.75) is 29.4 Å². The number of rotatable bonds is 5. The molecule has 0 aliphatic carbocycles. The number of likely N-dealkylation sites (N-methyl/N-ethyl adjacent to an activating group) is 1. The number of hydrogen-bond acceptors (Lipinski definition) is 5. The van der Waals surface area contributed by atoms with E-state index in [1.54, 1.807) is 16.7 Å². The lowest BCUT2D eigenvalue weighted by atomic mass is 10.1. The Balaban J connectivity index is 1.40. The highest BCUT2D eigenvalue weighted by Gasteiger charge is 2.38. The van der Waals surface area contributed by atoms with Gasteiger partial charge in [-0.25, -0.2) is 4.98 Å². The van der Waals surface area contributed by atoms with Crippen LogP contribution in [0.4, 0.5) is 0 Å². The molecule has 1 amide bonds. The fourth-order valence-corrected chi connectivity index (χ4v) is 5.51. The largest absolute Gasteiger partial charge is 0.347 e. The van der Waals surface area contributed by atoms with Crippen LogP contribution in [0.25, 0.3) is 21.9 Å². The van der Waals surface area contributed by atoms with Gasteiger partial charge in [0.1, 0.15) is 0 Å². The Morgan fingerprint density at radius 3 is 2.71 bits per heavy atom. The zero-order chi connectivity index (χ0) is 21.4. The summed E-state index contributed by atoms with van der Waals surface area (Å²) in [5.74, 6) is 0.158. The number of nitrogens with zero attached hydrogens (tertiary/aromatic N) is 4. The summed E-state index contributed by atoms with van der Waals surface area (Å²) in [6.45, 7) is 1.56. The Labute approximate surface area is 185 Å². The molecule has 1 saturated heterocycles. The number of carbonyl (C=O) groups is 1. The molecule has 1 aliphatic rings. The van der Waals surface area contributed by atoms with E-state index in [2.05, 4.69) is 27.0 Å². The van der Waals surface area contributed by atoms with E-state index < -0.39 is 0 Å². The quantitative estimate of drug-likeness (QED) is 0.519. The zero-order valence-corrected chi connectivity index (χ0v) is 18.5. The second-order valence-electron chi connectivity index (χ2n) is 8.20. The molecule has 7 heteroatoms. The normalized spacial score (nSPS) is 19.3. The van der Waals surface area contributed by atoms with Gasteiger partial charge in [0.2, 0.25) is 5.91 Å². The first-order valence-electron chi connectivity index (χ1n) is 10.5. The Bertz CT molecular complexity index is 1200. The van der Waals surface area contributed by atoms with Crippen molar-refractivity contribution in [3.63, 3.8) is 0 Å². The Morgan fingerprint density at radius 1 is 1.13 bits per heavy atom. The summed E-state index contributed by atoms with van der Waals surface area (Å²) in [5.41, 5.74) is 4.22. The maximum absolute atomic E-state index is 13.0. The van der Waals surface area contributed by atoms with E-state index in [0.29, 0.717) is 5.25 Å². The second kappa shape index (κ2) is 8.32. The summed E-state index contributed by atoms with van der Waals surface area (Å²) in [7, 11) is 3.67. The first-order valence-corrected chi connectivity index (χ1v) is 11.4. The smallest absolute Gasteiger partial charge is 0.239 e. The number of fused-ring (bicyclic) bond motifs is 2. The average Bonchev–Trinajstić information content (AvgIpc) is 3.36. The van der Waals surface area contributed by atoms with E-state index in [4.69, 9.17) is 4.98 Å². The number of benzene rings is 2. The first-order chi connectivity index (χ1) is 15.1. The number of imidazole rings is 1. The van der Waals surface area contributed by atoms with Crippen LogP contribution in [-0.4, -0.2) is 62.6 Å². The summed E-state index contributed by atoms with van der Waals surface area (Å²) >= 11 is 1.74. The van der Waals surface area contributed by atoms with Crippen LogP contribution in [0.3, 0.4) is 0 Å². The molecule has 5 rings (SSSR count). The predicted octanol–water partition coefficient (Wildman–Crippen LogP) is 3.93. The molecule has 1 N–H and O–H groups in total. The van der Waals surface area contributed by atoms with Crippen molar-refractivity contribution in [2.24, 2.45) is 0 Å². The van der Waals surface area contributed by atoms with Crippen LogP contribution in [0.1, 0.15) is 12.0 Å². The van der Waals surface area contributed by atoms with E-state index in [1.165, 1.54) is 5.56 Å². The van der Waals surface area contributed by atoms with Crippen LogP contribution < -0.4 is 0 Å². The van der Waals surface area contributed by atoms with Gasteiger partial charge in [-0.15, -0.1) is 0 Å². The van der Waals surface area contributed by atoms with Crippen molar-refractivity contribution >= 4 is 39.6 Å². The minimum absolute atomic E-state index is 0.135. The van der Waals surface area contributed by atoms with Gasteiger partial charge < -0.3 is 9.88 Å². The minimum Gasteiger partial charge on any atom is -0.347 e. The van der Waals surface area contributed by atoms with Gasteiger partial charge in [0.05, 0.1) is 22.6 Å². The number of thioether (sulfide) groups is 1. The SMILES string of the molecule is CN(C)C(=O)[C@@H]1C[C@@H](Sc2nc3ccccc3[nH]2)CN1Cc1ccnc2ccccc12. The molecule has 0 saturated carbocycles. The first kappa shape index (κ1) is 20.0. The molecular formula is C24H25N5OS. The Kier molecular flexibility index (Phi) is 5.38. The fourth-order valence-electron chi connectivity index (χ4n) is 4.33. The number of likely N-dealkylation sites (tertiary alicyclic amines) is 1. The molecule has 0 unspecified atom stereocenters. The molecule has 3 heterocycles. The Hall–Kier alpha value is -2.90. The molecular weight excluding hydrogens is 406 g/mol. The van der Waals surface area contributed by atoms with Gasteiger partial charge in [-0.05, 0) is 36.2 Å². The number of carbonyl (C=O) groups excluding carboxylic acids is 1. The molecule has 2 atom stereocenters. The maximum Gasteiger partial charge on any atom is 0.239 e. The summed E-state index contributed by atoms with van der Waals surface area (Å²) in [5, 5.41) is 2.36. The molecule has 4 aromatic rings. The Morgan fingerprint density at radius 2 is 1.90 bits per heavy atom. The maximum atomic E-state index is 13.0. The number of aromatic nitrogens is 3. The van der Waals surface area contributed by atoms with Gasteiger partial charge in [-0.2, -0.15) is 0 Å². The number of amides is 1. The minimum atomic E-state index is -0.135. The second-order valence-corrected chi connectivity index (χ2v) is 9.49. The third-order valence-corrected chi connectivity index (χ3v) is 6.94. The fraction of sp³-hybridized carbons (Fsp3) is 0.292. The standard InChI is InChI=1S/C24H25N5OS/c1-28(2)23(30)22-13-17(31-24-26-20-9-5-6-10-21(20)27-24)15-29(22)14-16-11-12-25-19-8-4-3-7-18(16)19/h3-12,17,22H,13-15H2,1-2H3,(H,26,27)/t17-,22+/m1/s1. The lowest BCUT2D eigenvalue weighted by molar-refractivity contribution is -0.133. The van der Waals surface area contributed by atoms with Gasteiger partial charge >= 0.3 is 0 Å². The van der Waals surface area contributed by atoms with Crippen molar-refractivity contribution in [1.82, 2.24) is 24.8 Å². The number of H-pyrrole nitrogens is 1. The van der Waals surface area contributed by atoms with Gasteiger partial charge in [0.25, 0.3) is 0 Å². The van der Waals surface area contributed by atoms with Gasteiger partial charge in [0, 0.05) is 44.0 Å². The van der Waals surface area contributed by atoms with Gasteiger partial charge in [-0.3, -0.25) is 14.7 Å². The molecule has 31 heavy (non-hydrogen) atoms. The lowest BCUT2D eigenvalue weighted by Gasteiger charge is -2.26. The summed E-state index contributed by atoms with van der Waals surface area (Å²) in [4.78, 5) is 29.6. The van der Waals surface area contributed by atoms with Crippen molar-refractivity contribution in [3.8, 4) is 0 Å². The molecule has 1 fully saturated rings. The number of pyridine rings is 1. The monoisotopic (exact) mass is 431 g/mol. The van der Waals surface area contributed by atoms with Crippen molar-refractivity contribution in [2.75, 3.05) is 20.6 Å². The van der Waals surface area contributed by atoms with Crippen LogP contribution in [0, 0.1) is 0 Å². The van der Waals surface area contributed by atoms with Crippen molar-refractivity contribution < 1.29 is 4.79 Å². The van der Waals surface area contributed by atoms with E-state index >= 15 is 0 Å². The molecule has 0 radical (unpaired) electrons. The number of nitrogens with one attached hydrogen (secondary N) is 1. The van der Waals surface area contributed by atoms with Crippen LogP contribution in [0.2, 0.25) is 0 Å². The van der Waals surface area contributed by atoms with E-state index in [0.717, 1.165) is 46.6 Å². The molecule has 2 aromatic heterocycles. The summed E-state index contributed by atoms with van der Waals surface area (Å²) in [6, 6.07) is 18.2. The third-order valence-electron chi connectivity index (χ3n) is 5.85. The topological polar surface area (TPSA) is 65.1 Å². The molecule has 0 bridgehead atoms. The van der Waals surface area contributed by atoms with Gasteiger partial charge in [0.15, 0.2) is 5.16 Å². The van der Waals surface area contributed by atoms with Crippen LogP contribution in [0.5, 0.6) is 0 Å². The third kappa shape index (κ3) is 4.03. The van der Waals surface area contributed by atoms with Crippen LogP contribution >= 0.6 is 11.8 Å². The van der Waals surface area contributed by atoms with Crippen LogP contribution in [0.15, 0.2) is 66.0 Å². The lowest BCUT2D eigenvalue weighted by Crippen LogP contribution is -2.42. The molecule has 2 aromatic carbocycles. The van der Waals surface area contributed by atoms with E-state index in [9.17, 15) is 4.79 Å². The predicted molar refractivity (Wildman–Crippen MR) is 125 cm³/mol. The average molecular weight is 432 g/mol. The summed E-state index contributed by atoms with van der Waals surface area (Å²) in [6.07, 6.45) is 2.67. The molecule has 158 valence electrons. The highest BCUT2D eigenvalue weighted by atomic mass is 32.2. The number of hydrogen-bond donors (Lipinski definition) is 1. The van der Waals surface area contributed by atoms with Crippen molar-refractivity contribution in [1.29, 1.82) is 0 Å². The summed E-state index contributed by atoms with van der Waals surface area (Å²) < 4.78 is 0.